The lowest BCUT2D eigenvalue weighted by atomic mass is 9.89. The van der Waals surface area contributed by atoms with Crippen LogP contribution in [0.25, 0.3) is 0 Å². The van der Waals surface area contributed by atoms with Crippen LogP contribution >= 0.6 is 0 Å². The van der Waals surface area contributed by atoms with Gasteiger partial charge in [-0.1, -0.05) is 40.5 Å². The predicted octanol–water partition coefficient (Wildman–Crippen LogP) is 7.05. The summed E-state index contributed by atoms with van der Waals surface area (Å²) < 4.78 is 46.8. The Labute approximate surface area is 323 Å². The highest BCUT2D eigenvalue weighted by molar-refractivity contribution is 5.82. The van der Waals surface area contributed by atoms with Crippen molar-refractivity contribution in [3.05, 3.63) is 0 Å². The number of carbonyl (C=O) groups is 4. The summed E-state index contributed by atoms with van der Waals surface area (Å²) in [4.78, 5) is 49.2. The highest BCUT2D eigenvalue weighted by Crippen LogP contribution is 2.29. The third-order valence-corrected chi connectivity index (χ3v) is 8.77. The Morgan fingerprint density at radius 3 is 1.41 bits per heavy atom. The zero-order valence-electron chi connectivity index (χ0n) is 35.2. The van der Waals surface area contributed by atoms with Gasteiger partial charge in [0.1, 0.15) is 35.5 Å². The Morgan fingerprint density at radius 1 is 0.722 bits per heavy atom. The van der Waals surface area contributed by atoms with Crippen LogP contribution in [-0.4, -0.2) is 103 Å². The van der Waals surface area contributed by atoms with Crippen molar-refractivity contribution in [2.45, 2.75) is 182 Å². The van der Waals surface area contributed by atoms with Gasteiger partial charge in [-0.25, -0.2) is 19.2 Å². The molecule has 2 aliphatic heterocycles. The predicted molar refractivity (Wildman–Crippen MR) is 204 cm³/mol. The number of carbonyl (C=O) groups excluding carboxylic acids is 4. The highest BCUT2D eigenvalue weighted by Gasteiger charge is 2.37. The monoisotopic (exact) mass is 777 g/mol. The molecule has 0 saturated carbocycles. The maximum atomic E-state index is 13.1. The Bertz CT molecular complexity index is 1040. The van der Waals surface area contributed by atoms with E-state index in [9.17, 15) is 28.7 Å². The number of hydrogen-bond donors (Lipinski definition) is 3. The molecule has 2 saturated heterocycles. The first-order valence-electron chi connectivity index (χ1n) is 19.9. The topological polar surface area (TPSA) is 168 Å². The highest BCUT2D eigenvalue weighted by atomic mass is 19.1. The summed E-state index contributed by atoms with van der Waals surface area (Å²) >= 11 is 0. The van der Waals surface area contributed by atoms with Gasteiger partial charge in [-0.05, 0) is 118 Å². The van der Waals surface area contributed by atoms with Crippen LogP contribution in [0.2, 0.25) is 0 Å². The van der Waals surface area contributed by atoms with Gasteiger partial charge in [0, 0.05) is 19.8 Å². The van der Waals surface area contributed by atoms with E-state index in [1.54, 1.807) is 48.5 Å². The van der Waals surface area contributed by atoms with E-state index < -0.39 is 66.3 Å². The number of alkyl carbamates (subject to hydrolysis) is 2. The van der Waals surface area contributed by atoms with Crippen molar-refractivity contribution in [1.82, 2.24) is 10.6 Å². The first-order valence-corrected chi connectivity index (χ1v) is 19.9. The van der Waals surface area contributed by atoms with E-state index >= 15 is 0 Å². The maximum Gasteiger partial charge on any atom is 0.408 e. The molecule has 0 radical (unpaired) electrons. The van der Waals surface area contributed by atoms with Crippen molar-refractivity contribution in [1.29, 1.82) is 0 Å². The fourth-order valence-electron chi connectivity index (χ4n) is 6.40. The summed E-state index contributed by atoms with van der Waals surface area (Å²) in [7, 11) is 0. The van der Waals surface area contributed by atoms with Gasteiger partial charge in [0.25, 0.3) is 0 Å². The number of cyclic esters (lactones) is 2. The minimum atomic E-state index is -0.780. The zero-order chi connectivity index (χ0) is 41.2. The molecule has 13 nitrogen and oxygen atoms in total. The molecule has 2 heterocycles. The van der Waals surface area contributed by atoms with Gasteiger partial charge >= 0.3 is 24.1 Å². The Hall–Kier alpha value is -2.71. The van der Waals surface area contributed by atoms with Crippen LogP contribution < -0.4 is 10.6 Å². The van der Waals surface area contributed by atoms with Crippen LogP contribution in [0.15, 0.2) is 0 Å². The number of amides is 2. The lowest BCUT2D eigenvalue weighted by Gasteiger charge is -2.31. The Morgan fingerprint density at radius 2 is 1.09 bits per heavy atom. The average Bonchev–Trinajstić information content (AvgIpc) is 3.09. The summed E-state index contributed by atoms with van der Waals surface area (Å²) in [5.41, 5.74) is -1.29. The fraction of sp³-hybridized carbons (Fsp3) is 0.900. The van der Waals surface area contributed by atoms with Gasteiger partial charge in [0.15, 0.2) is 0 Å². The summed E-state index contributed by atoms with van der Waals surface area (Å²) in [5.74, 6) is -0.234. The van der Waals surface area contributed by atoms with Crippen molar-refractivity contribution < 1.29 is 57.1 Å². The second kappa shape index (κ2) is 24.0. The molecule has 0 aromatic rings. The quantitative estimate of drug-likeness (QED) is 0.137. The molecule has 2 fully saturated rings. The molecular weight excluding hydrogens is 703 g/mol. The number of ether oxygens (including phenoxy) is 6. The number of hydrogen-bond acceptors (Lipinski definition) is 11. The van der Waals surface area contributed by atoms with E-state index in [1.165, 1.54) is 0 Å². The van der Waals surface area contributed by atoms with Crippen LogP contribution in [0.3, 0.4) is 0 Å². The molecule has 0 aromatic carbocycles. The lowest BCUT2D eigenvalue weighted by Crippen LogP contribution is -2.46. The third-order valence-electron chi connectivity index (χ3n) is 8.77. The van der Waals surface area contributed by atoms with Gasteiger partial charge in [0.2, 0.25) is 0 Å². The SMILES string of the molecule is CC(C)CO[C@@H]1[C@@H](CCF)CCC[C@H](NC(=O)OC(C)(C)C)C(=O)O[C@H]1C.CC(C)CO[C@@H]1[C@@H](CCO)CCC[C@H](NC(=O)OC(C)(C)C)C(=O)O[C@H]1C. The van der Waals surface area contributed by atoms with Crippen molar-refractivity contribution in [3.8, 4) is 0 Å². The minimum Gasteiger partial charge on any atom is -0.458 e. The molecule has 0 aromatic heterocycles. The molecule has 14 heteroatoms. The number of rotatable bonds is 12. The average molecular weight is 777 g/mol. The molecule has 3 N–H and O–H groups in total. The third kappa shape index (κ3) is 20.3. The van der Waals surface area contributed by atoms with E-state index in [1.807, 2.05) is 20.8 Å². The number of aliphatic hydroxyl groups excluding tert-OH is 1. The van der Waals surface area contributed by atoms with Crippen LogP contribution in [0.1, 0.15) is 134 Å². The van der Waals surface area contributed by atoms with E-state index in [-0.39, 0.29) is 30.7 Å². The molecule has 2 aliphatic rings. The molecule has 0 aliphatic carbocycles. The van der Waals surface area contributed by atoms with Crippen LogP contribution in [-0.2, 0) is 38.0 Å². The molecule has 0 unspecified atom stereocenters. The Balaban J connectivity index is 0.000000540. The molecule has 54 heavy (non-hydrogen) atoms. The van der Waals surface area contributed by atoms with Gasteiger partial charge in [0.05, 0.1) is 18.9 Å². The first kappa shape index (κ1) is 49.3. The molecule has 2 rings (SSSR count). The van der Waals surface area contributed by atoms with Gasteiger partial charge < -0.3 is 44.2 Å². The second-order valence-corrected chi connectivity index (χ2v) is 17.4. The summed E-state index contributed by atoms with van der Waals surface area (Å²) in [6.07, 6.45) is 1.83. The smallest absolute Gasteiger partial charge is 0.408 e. The summed E-state index contributed by atoms with van der Waals surface area (Å²) in [6.45, 7) is 23.1. The number of nitrogens with one attached hydrogen (secondary N) is 2. The molecule has 316 valence electrons. The lowest BCUT2D eigenvalue weighted by molar-refractivity contribution is -0.162. The normalized spacial score (nSPS) is 27.3. The fourth-order valence-corrected chi connectivity index (χ4v) is 6.40. The van der Waals surface area contributed by atoms with Crippen LogP contribution in [0.5, 0.6) is 0 Å². The van der Waals surface area contributed by atoms with E-state index in [0.717, 1.165) is 6.42 Å². The van der Waals surface area contributed by atoms with Crippen LogP contribution in [0, 0.1) is 23.7 Å². The van der Waals surface area contributed by atoms with Gasteiger partial charge in [-0.2, -0.15) is 0 Å². The van der Waals surface area contributed by atoms with Gasteiger partial charge in [-0.15, -0.1) is 0 Å². The molecular formula is C40H73FN2O11. The molecule has 0 bridgehead atoms. The number of halogens is 1. The van der Waals surface area contributed by atoms with Crippen molar-refractivity contribution in [3.63, 3.8) is 0 Å². The van der Waals surface area contributed by atoms with Crippen molar-refractivity contribution >= 4 is 24.1 Å². The second-order valence-electron chi connectivity index (χ2n) is 17.4. The van der Waals surface area contributed by atoms with E-state index in [2.05, 4.69) is 24.5 Å². The van der Waals surface area contributed by atoms with E-state index in [4.69, 9.17) is 28.4 Å². The maximum absolute atomic E-state index is 13.1. The number of alkyl halides is 1. The Kier molecular flexibility index (Phi) is 22.0. The van der Waals surface area contributed by atoms with Gasteiger partial charge in [-0.3, -0.25) is 4.39 Å². The standard InChI is InChI=1S/C20H36FNO5.C20H37NO6/c1-13(2)12-25-17-14(3)26-18(23)16(9-7-8-15(17)10-11-21)22-19(24)27-20(4,5)6;1-13(2)12-25-17-14(3)26-18(23)16(9-7-8-15(17)10-11-22)21-19(24)27-20(4,5)6/h13-17H,7-12H2,1-6H3,(H,22,24);13-17,22H,7-12H2,1-6H3,(H,21,24)/t2*14-,15+,16-,17-/m00/s1. The first-order chi connectivity index (χ1) is 25.1. The molecule has 0 spiro atoms. The van der Waals surface area contributed by atoms with Crippen molar-refractivity contribution in [2.24, 2.45) is 23.7 Å². The number of aliphatic hydroxyl groups is 1. The zero-order valence-corrected chi connectivity index (χ0v) is 35.2. The largest absolute Gasteiger partial charge is 0.458 e. The molecule has 8 atom stereocenters. The van der Waals surface area contributed by atoms with Crippen molar-refractivity contribution in [2.75, 3.05) is 26.5 Å². The minimum absolute atomic E-state index is 0.0307. The van der Waals surface area contributed by atoms with E-state index in [0.29, 0.717) is 70.0 Å². The van der Waals surface area contributed by atoms with Crippen LogP contribution in [0.4, 0.5) is 14.0 Å². The summed E-state index contributed by atoms with van der Waals surface area (Å²) in [5, 5.41) is 14.7. The summed E-state index contributed by atoms with van der Waals surface area (Å²) in [6, 6.07) is -1.53. The number of esters is 2. The molecule has 2 amide bonds.